The first-order valence-corrected chi connectivity index (χ1v) is 6.40. The second-order valence-electron chi connectivity index (χ2n) is 4.59. The van der Waals surface area contributed by atoms with Crippen LogP contribution in [0.15, 0.2) is 66.7 Å². The van der Waals surface area contributed by atoms with Gasteiger partial charge in [0.15, 0.2) is 5.78 Å². The summed E-state index contributed by atoms with van der Waals surface area (Å²) in [5, 5.41) is 0. The van der Waals surface area contributed by atoms with Crippen LogP contribution in [-0.2, 0) is 11.2 Å². The summed E-state index contributed by atoms with van der Waals surface area (Å²) in [5.74, 6) is 0.0776. The molecule has 0 amide bonds. The van der Waals surface area contributed by atoms with Gasteiger partial charge in [0, 0.05) is 5.57 Å². The van der Waals surface area contributed by atoms with Crippen LogP contribution in [0.2, 0.25) is 0 Å². The van der Waals surface area contributed by atoms with Gasteiger partial charge in [-0.15, -0.1) is 0 Å². The highest BCUT2D eigenvalue weighted by atomic mass is 16.1. The smallest absolute Gasteiger partial charge is 0.186 e. The monoisotopic (exact) mass is 246 g/mol. The molecule has 0 saturated heterocycles. The molecule has 0 saturated carbocycles. The molecule has 0 aromatic heterocycles. The third kappa shape index (κ3) is 2.41. The molecule has 19 heavy (non-hydrogen) atoms. The van der Waals surface area contributed by atoms with Crippen molar-refractivity contribution in [2.45, 2.75) is 6.42 Å². The lowest BCUT2D eigenvalue weighted by atomic mass is 10.0. The fourth-order valence-electron chi connectivity index (χ4n) is 2.34. The van der Waals surface area contributed by atoms with Crippen molar-refractivity contribution in [1.29, 1.82) is 0 Å². The Labute approximate surface area is 112 Å². The van der Waals surface area contributed by atoms with Crippen molar-refractivity contribution in [1.82, 2.24) is 0 Å². The van der Waals surface area contributed by atoms with E-state index in [1.54, 1.807) is 6.08 Å². The molecule has 3 rings (SSSR count). The van der Waals surface area contributed by atoms with Crippen LogP contribution in [0.4, 0.5) is 0 Å². The maximum absolute atomic E-state index is 12.2. The number of ketones is 1. The first-order chi connectivity index (χ1) is 9.34. The number of hydrogen-bond donors (Lipinski definition) is 0. The van der Waals surface area contributed by atoms with Crippen LogP contribution in [0, 0.1) is 0 Å². The third-order valence-electron chi connectivity index (χ3n) is 3.33. The van der Waals surface area contributed by atoms with Crippen molar-refractivity contribution in [2.24, 2.45) is 0 Å². The van der Waals surface area contributed by atoms with E-state index in [-0.39, 0.29) is 5.78 Å². The van der Waals surface area contributed by atoms with E-state index >= 15 is 0 Å². The Bertz CT molecular complexity index is 663. The molecule has 0 unspecified atom stereocenters. The summed E-state index contributed by atoms with van der Waals surface area (Å²) in [6.45, 7) is 0. The number of rotatable bonds is 3. The normalized spacial score (nSPS) is 13.4. The standard InChI is InChI=1S/C18H14O/c19-18(13-10-14-6-2-1-3-7-14)17-12-11-15-8-4-5-9-16(15)17/h1-10,12-13H,11H2/b13-10+. The molecule has 1 nitrogen and oxygen atoms in total. The van der Waals surface area contributed by atoms with Crippen LogP contribution in [-0.4, -0.2) is 5.78 Å². The van der Waals surface area contributed by atoms with E-state index < -0.39 is 0 Å². The molecule has 0 bridgehead atoms. The molecule has 0 N–H and O–H groups in total. The minimum absolute atomic E-state index is 0.0776. The lowest BCUT2D eigenvalue weighted by molar-refractivity contribution is -0.109. The molecule has 92 valence electrons. The molecule has 1 heteroatoms. The second kappa shape index (κ2) is 5.07. The topological polar surface area (TPSA) is 17.1 Å². The van der Waals surface area contributed by atoms with Crippen LogP contribution >= 0.6 is 0 Å². The largest absolute Gasteiger partial charge is 0.289 e. The molecule has 0 atom stereocenters. The fraction of sp³-hybridized carbons (Fsp3) is 0.0556. The minimum Gasteiger partial charge on any atom is -0.289 e. The number of benzene rings is 2. The molecule has 0 heterocycles. The van der Waals surface area contributed by atoms with Gasteiger partial charge in [-0.3, -0.25) is 4.79 Å². The molecular weight excluding hydrogens is 232 g/mol. The van der Waals surface area contributed by atoms with E-state index in [1.807, 2.05) is 60.7 Å². The quantitative estimate of drug-likeness (QED) is 0.750. The summed E-state index contributed by atoms with van der Waals surface area (Å²) in [4.78, 5) is 12.2. The summed E-state index contributed by atoms with van der Waals surface area (Å²) in [7, 11) is 0. The number of allylic oxidation sites excluding steroid dienone is 3. The molecule has 0 aliphatic heterocycles. The summed E-state index contributed by atoms with van der Waals surface area (Å²) in [6.07, 6.45) is 6.39. The van der Waals surface area contributed by atoms with Crippen molar-refractivity contribution < 1.29 is 4.79 Å². The van der Waals surface area contributed by atoms with Gasteiger partial charge < -0.3 is 0 Å². The number of fused-ring (bicyclic) bond motifs is 1. The minimum atomic E-state index is 0.0776. The Morgan fingerprint density at radius 2 is 1.68 bits per heavy atom. The highest BCUT2D eigenvalue weighted by Gasteiger charge is 2.17. The van der Waals surface area contributed by atoms with Crippen LogP contribution < -0.4 is 0 Å². The molecule has 2 aromatic carbocycles. The third-order valence-corrected chi connectivity index (χ3v) is 3.33. The van der Waals surface area contributed by atoms with E-state index in [0.717, 1.165) is 23.1 Å². The van der Waals surface area contributed by atoms with Gasteiger partial charge in [0.1, 0.15) is 0 Å². The number of hydrogen-bond acceptors (Lipinski definition) is 1. The first kappa shape index (κ1) is 11.7. The average molecular weight is 246 g/mol. The zero-order chi connectivity index (χ0) is 13.1. The van der Waals surface area contributed by atoms with Gasteiger partial charge in [-0.05, 0) is 29.2 Å². The van der Waals surface area contributed by atoms with E-state index in [1.165, 1.54) is 5.56 Å². The maximum Gasteiger partial charge on any atom is 0.186 e. The first-order valence-electron chi connectivity index (χ1n) is 6.40. The Balaban J connectivity index is 1.82. The van der Waals surface area contributed by atoms with Crippen molar-refractivity contribution in [3.05, 3.63) is 83.4 Å². The molecule has 0 radical (unpaired) electrons. The zero-order valence-electron chi connectivity index (χ0n) is 10.5. The maximum atomic E-state index is 12.2. The van der Waals surface area contributed by atoms with Gasteiger partial charge in [0.25, 0.3) is 0 Å². The Morgan fingerprint density at radius 1 is 0.947 bits per heavy atom. The van der Waals surface area contributed by atoms with Crippen LogP contribution in [0.25, 0.3) is 11.6 Å². The molecule has 1 aliphatic carbocycles. The number of carbonyl (C=O) groups excluding carboxylic acids is 1. The molecule has 0 fully saturated rings. The van der Waals surface area contributed by atoms with Crippen molar-refractivity contribution in [2.75, 3.05) is 0 Å². The second-order valence-corrected chi connectivity index (χ2v) is 4.59. The van der Waals surface area contributed by atoms with Gasteiger partial charge in [-0.25, -0.2) is 0 Å². The van der Waals surface area contributed by atoms with Crippen LogP contribution in [0.5, 0.6) is 0 Å². The van der Waals surface area contributed by atoms with Crippen molar-refractivity contribution in [3.63, 3.8) is 0 Å². The Hall–Kier alpha value is -2.41. The van der Waals surface area contributed by atoms with Gasteiger partial charge in [-0.1, -0.05) is 66.7 Å². The van der Waals surface area contributed by atoms with Crippen molar-refractivity contribution >= 4 is 17.4 Å². The molecule has 2 aromatic rings. The summed E-state index contributed by atoms with van der Waals surface area (Å²) >= 11 is 0. The van der Waals surface area contributed by atoms with Gasteiger partial charge in [-0.2, -0.15) is 0 Å². The van der Waals surface area contributed by atoms with Crippen LogP contribution in [0.1, 0.15) is 16.7 Å². The van der Waals surface area contributed by atoms with Gasteiger partial charge in [0.2, 0.25) is 0 Å². The number of carbonyl (C=O) groups is 1. The molecular formula is C18H14O. The SMILES string of the molecule is O=C(/C=C/c1ccccc1)C1=CCc2ccccc21. The average Bonchev–Trinajstić information content (AvgIpc) is 2.90. The highest BCUT2D eigenvalue weighted by molar-refractivity contribution is 6.28. The zero-order valence-corrected chi connectivity index (χ0v) is 10.5. The van der Waals surface area contributed by atoms with Crippen LogP contribution in [0.3, 0.4) is 0 Å². The summed E-state index contributed by atoms with van der Waals surface area (Å²) < 4.78 is 0. The lowest BCUT2D eigenvalue weighted by Gasteiger charge is -2.01. The molecule has 1 aliphatic rings. The van der Waals surface area contributed by atoms with Gasteiger partial charge in [0.05, 0.1) is 0 Å². The van der Waals surface area contributed by atoms with Gasteiger partial charge >= 0.3 is 0 Å². The van der Waals surface area contributed by atoms with E-state index in [0.29, 0.717) is 0 Å². The Morgan fingerprint density at radius 3 is 2.53 bits per heavy atom. The lowest BCUT2D eigenvalue weighted by Crippen LogP contribution is -1.95. The van der Waals surface area contributed by atoms with E-state index in [2.05, 4.69) is 6.07 Å². The van der Waals surface area contributed by atoms with Crippen molar-refractivity contribution in [3.8, 4) is 0 Å². The fourth-order valence-corrected chi connectivity index (χ4v) is 2.34. The summed E-state index contributed by atoms with van der Waals surface area (Å²) in [5.41, 5.74) is 4.18. The molecule has 0 spiro atoms. The van der Waals surface area contributed by atoms with E-state index in [4.69, 9.17) is 0 Å². The highest BCUT2D eigenvalue weighted by Crippen LogP contribution is 2.28. The predicted octanol–water partition coefficient (Wildman–Crippen LogP) is 3.91. The van der Waals surface area contributed by atoms with E-state index in [9.17, 15) is 4.79 Å². The predicted molar refractivity (Wildman–Crippen MR) is 78.6 cm³/mol. The Kier molecular flexibility index (Phi) is 3.11. The summed E-state index contributed by atoms with van der Waals surface area (Å²) in [6, 6.07) is 18.0.